The van der Waals surface area contributed by atoms with Gasteiger partial charge in [-0.2, -0.15) is 0 Å². The lowest BCUT2D eigenvalue weighted by atomic mass is 9.90. The van der Waals surface area contributed by atoms with Crippen molar-refractivity contribution in [1.82, 2.24) is 15.1 Å². The van der Waals surface area contributed by atoms with Gasteiger partial charge >= 0.3 is 0 Å². The lowest BCUT2D eigenvalue weighted by molar-refractivity contribution is -0.129. The van der Waals surface area contributed by atoms with Crippen molar-refractivity contribution in [3.8, 4) is 0 Å². The van der Waals surface area contributed by atoms with Crippen molar-refractivity contribution in [3.63, 3.8) is 0 Å². The van der Waals surface area contributed by atoms with E-state index < -0.39 is 0 Å². The highest BCUT2D eigenvalue weighted by atomic mass is 16.4. The van der Waals surface area contributed by atoms with E-state index in [0.717, 1.165) is 37.9 Å². The normalized spacial score (nSPS) is 20.5. The minimum absolute atomic E-state index is 0.0709. The first-order valence-electron chi connectivity index (χ1n) is 10.5. The average molecular weight is 413 g/mol. The molecule has 7 nitrogen and oxygen atoms in total. The predicted molar refractivity (Wildman–Crippen MR) is 118 cm³/mol. The zero-order chi connectivity index (χ0) is 21.9. The third-order valence-corrected chi connectivity index (χ3v) is 6.50. The first kappa shape index (κ1) is 21.9. The Hall–Kier alpha value is -2.83. The van der Waals surface area contributed by atoms with Crippen LogP contribution in [0.25, 0.3) is 6.08 Å². The van der Waals surface area contributed by atoms with Gasteiger partial charge < -0.3 is 19.5 Å². The molecule has 30 heavy (non-hydrogen) atoms. The summed E-state index contributed by atoms with van der Waals surface area (Å²) in [4.78, 5) is 33.0. The smallest absolute Gasteiger partial charge is 0.289 e. The lowest BCUT2D eigenvalue weighted by Gasteiger charge is -2.34. The number of nitrogens with one attached hydrogen (secondary N) is 1. The first-order chi connectivity index (χ1) is 14.4. The van der Waals surface area contributed by atoms with Crippen molar-refractivity contribution in [2.24, 2.45) is 16.3 Å². The fraction of sp³-hybridized carbons (Fsp3) is 0.522. The number of amides is 2. The molecule has 1 aliphatic heterocycles. The predicted octanol–water partition coefficient (Wildman–Crippen LogP) is 2.80. The quantitative estimate of drug-likeness (QED) is 0.552. The molecule has 0 bridgehead atoms. The highest BCUT2D eigenvalue weighted by Crippen LogP contribution is 2.59. The van der Waals surface area contributed by atoms with Crippen molar-refractivity contribution in [2.75, 3.05) is 40.8 Å². The van der Waals surface area contributed by atoms with Gasteiger partial charge in [0.15, 0.2) is 11.5 Å². The van der Waals surface area contributed by atoms with E-state index in [4.69, 9.17) is 4.42 Å². The monoisotopic (exact) mass is 412 g/mol. The molecule has 1 atom stereocenters. The van der Waals surface area contributed by atoms with Gasteiger partial charge in [0, 0.05) is 46.3 Å². The molecule has 2 amide bonds. The van der Waals surface area contributed by atoms with Gasteiger partial charge in [-0.15, -0.1) is 0 Å². The maximum absolute atomic E-state index is 12.8. The fourth-order valence-corrected chi connectivity index (χ4v) is 4.51. The van der Waals surface area contributed by atoms with Crippen LogP contribution in [0.2, 0.25) is 0 Å². The number of likely N-dealkylation sites (N-methyl/N-ethyl adjacent to an activating group) is 1. The van der Waals surface area contributed by atoms with E-state index in [9.17, 15) is 9.59 Å². The van der Waals surface area contributed by atoms with E-state index in [2.05, 4.69) is 16.9 Å². The molecule has 3 rings (SSSR count). The van der Waals surface area contributed by atoms with Gasteiger partial charge in [0.05, 0.1) is 11.9 Å². The van der Waals surface area contributed by atoms with Crippen LogP contribution >= 0.6 is 0 Å². The molecule has 1 N–H and O–H groups in total. The highest BCUT2D eigenvalue weighted by Gasteiger charge is 2.55. The number of nitrogens with zero attached hydrogens (tertiary/aromatic N) is 3. The topological polar surface area (TPSA) is 78.2 Å². The molecule has 1 aromatic rings. The largest absolute Gasteiger partial charge is 0.449 e. The minimum atomic E-state index is -0.129. The summed E-state index contributed by atoms with van der Waals surface area (Å²) in [6.07, 6.45) is 8.16. The number of aliphatic imine (C=N–C) groups is 1. The van der Waals surface area contributed by atoms with Crippen LogP contribution in [0.5, 0.6) is 0 Å². The van der Waals surface area contributed by atoms with Gasteiger partial charge in [0.25, 0.3) is 11.8 Å². The number of carbonyl (C=O) groups excluding carboxylic acids is 2. The summed E-state index contributed by atoms with van der Waals surface area (Å²) in [5.74, 6) is 1.27. The van der Waals surface area contributed by atoms with Crippen molar-refractivity contribution < 1.29 is 14.0 Å². The highest BCUT2D eigenvalue weighted by molar-refractivity contribution is 5.94. The first-order valence-corrected chi connectivity index (χ1v) is 10.5. The summed E-state index contributed by atoms with van der Waals surface area (Å²) in [5.41, 5.74) is 1.67. The Kier molecular flexibility index (Phi) is 6.48. The van der Waals surface area contributed by atoms with Crippen molar-refractivity contribution in [3.05, 3.63) is 41.5 Å². The molecular weight excluding hydrogens is 380 g/mol. The van der Waals surface area contributed by atoms with E-state index in [1.54, 1.807) is 37.4 Å². The van der Waals surface area contributed by atoms with Crippen LogP contribution in [0, 0.1) is 11.3 Å². The number of rotatable bonds is 7. The number of furan rings is 1. The Bertz CT molecular complexity index is 875. The van der Waals surface area contributed by atoms with E-state index in [0.29, 0.717) is 29.7 Å². The molecule has 162 valence electrons. The summed E-state index contributed by atoms with van der Waals surface area (Å²) < 4.78 is 5.68. The van der Waals surface area contributed by atoms with Gasteiger partial charge in [-0.25, -0.2) is 0 Å². The van der Waals surface area contributed by atoms with Gasteiger partial charge in [0.1, 0.15) is 0 Å². The summed E-state index contributed by atoms with van der Waals surface area (Å²) in [6, 6.07) is 1.72. The number of likely N-dealkylation sites (tertiary alicyclic amines) is 1. The van der Waals surface area contributed by atoms with Crippen LogP contribution in [0.1, 0.15) is 48.1 Å². The number of carbonyl (C=O) groups is 2. The third-order valence-electron chi connectivity index (χ3n) is 6.50. The molecule has 2 heterocycles. The lowest BCUT2D eigenvalue weighted by Crippen LogP contribution is -2.42. The van der Waals surface area contributed by atoms with Crippen LogP contribution in [-0.2, 0) is 4.79 Å². The van der Waals surface area contributed by atoms with Gasteiger partial charge in [-0.1, -0.05) is 18.7 Å². The molecule has 0 radical (unpaired) electrons. The van der Waals surface area contributed by atoms with Crippen LogP contribution in [0.15, 0.2) is 33.8 Å². The number of hydrogen-bond acceptors (Lipinski definition) is 5. The standard InChI is InChI=1S/C23H32N4O3/c1-6-16-12-19(30-20(16)14-24-3)22(29)26(5)15-17-13-23(17)8-10-27(11-9-23)21(28)18(7-2)25-4/h6-7,12,14,17,25H,1,8-11,13,15H2,2-5H3/b18-7-,24-14?. The van der Waals surface area contributed by atoms with Gasteiger partial charge in [0.2, 0.25) is 0 Å². The maximum Gasteiger partial charge on any atom is 0.289 e. The Balaban J connectivity index is 1.56. The SMILES string of the molecule is C=Cc1cc(C(=O)N(C)CC2CC23CCN(C(=O)/C(=C/C)NC)CC3)oc1C=NC. The zero-order valence-electron chi connectivity index (χ0n) is 18.4. The molecular formula is C23H32N4O3. The molecule has 1 spiro atoms. The summed E-state index contributed by atoms with van der Waals surface area (Å²) >= 11 is 0. The average Bonchev–Trinajstić information content (AvgIpc) is 3.22. The molecule has 1 aromatic heterocycles. The van der Waals surface area contributed by atoms with Crippen molar-refractivity contribution in [1.29, 1.82) is 0 Å². The third kappa shape index (κ3) is 4.20. The molecule has 1 aliphatic carbocycles. The van der Waals surface area contributed by atoms with E-state index in [1.165, 1.54) is 0 Å². The Labute approximate surface area is 178 Å². The van der Waals surface area contributed by atoms with E-state index in [1.807, 2.05) is 24.9 Å². The molecule has 1 saturated heterocycles. The van der Waals surface area contributed by atoms with E-state index >= 15 is 0 Å². The Morgan fingerprint density at radius 1 is 1.43 bits per heavy atom. The second kappa shape index (κ2) is 8.90. The molecule has 1 unspecified atom stereocenters. The van der Waals surface area contributed by atoms with Gasteiger partial charge in [-0.05, 0) is 43.6 Å². The zero-order valence-corrected chi connectivity index (χ0v) is 18.4. The number of allylic oxidation sites excluding steroid dienone is 1. The Morgan fingerprint density at radius 3 is 2.70 bits per heavy atom. The van der Waals surface area contributed by atoms with E-state index in [-0.39, 0.29) is 17.2 Å². The summed E-state index contributed by atoms with van der Waals surface area (Å²) in [6.45, 7) is 7.87. The van der Waals surface area contributed by atoms with Crippen molar-refractivity contribution >= 4 is 24.1 Å². The van der Waals surface area contributed by atoms with Gasteiger partial charge in [-0.3, -0.25) is 14.6 Å². The second-order valence-corrected chi connectivity index (χ2v) is 8.22. The Morgan fingerprint density at radius 2 is 2.13 bits per heavy atom. The molecule has 7 heteroatoms. The van der Waals surface area contributed by atoms with Crippen LogP contribution in [-0.4, -0.2) is 68.6 Å². The molecule has 2 fully saturated rings. The summed E-state index contributed by atoms with van der Waals surface area (Å²) in [7, 11) is 5.26. The maximum atomic E-state index is 12.8. The number of hydrogen-bond donors (Lipinski definition) is 1. The van der Waals surface area contributed by atoms with Crippen LogP contribution in [0.4, 0.5) is 0 Å². The van der Waals surface area contributed by atoms with Crippen molar-refractivity contribution in [2.45, 2.75) is 26.2 Å². The summed E-state index contributed by atoms with van der Waals surface area (Å²) in [5, 5.41) is 2.97. The fourth-order valence-electron chi connectivity index (χ4n) is 4.51. The molecule has 1 saturated carbocycles. The second-order valence-electron chi connectivity index (χ2n) is 8.22. The molecule has 0 aromatic carbocycles. The van der Waals surface area contributed by atoms with Crippen LogP contribution in [0.3, 0.4) is 0 Å². The minimum Gasteiger partial charge on any atom is -0.449 e. The number of piperidine rings is 1. The molecule has 2 aliphatic rings. The van der Waals surface area contributed by atoms with Crippen LogP contribution < -0.4 is 5.32 Å².